The average molecular weight is 444 g/mol. The predicted molar refractivity (Wildman–Crippen MR) is 123 cm³/mol. The van der Waals surface area contributed by atoms with Gasteiger partial charge >= 0.3 is 5.97 Å². The maximum atomic E-state index is 13.7. The summed E-state index contributed by atoms with van der Waals surface area (Å²) in [6.45, 7) is 15.2. The fraction of sp³-hybridized carbons (Fsp3) is 0.560. The van der Waals surface area contributed by atoms with E-state index >= 15 is 0 Å². The molecule has 0 bridgehead atoms. The van der Waals surface area contributed by atoms with Crippen LogP contribution in [0.15, 0.2) is 18.3 Å². The number of carbonyl (C=O) groups is 1. The zero-order valence-electron chi connectivity index (χ0n) is 20.1. The molecule has 2 aromatic heterocycles. The van der Waals surface area contributed by atoms with E-state index in [-0.39, 0.29) is 5.41 Å². The number of carboxylic acids is 1. The summed E-state index contributed by atoms with van der Waals surface area (Å²) in [6.07, 6.45) is 2.52. The highest BCUT2D eigenvalue weighted by molar-refractivity contribution is 5.87. The molecule has 32 heavy (non-hydrogen) atoms. The van der Waals surface area contributed by atoms with Gasteiger partial charge in [0.1, 0.15) is 0 Å². The Morgan fingerprint density at radius 1 is 1.16 bits per heavy atom. The molecule has 1 fully saturated rings. The molecule has 0 radical (unpaired) electrons. The number of piperidine rings is 1. The standard InChI is InChI=1S/C25H34FN3O3/c1-15-17(8-9-19(26)28-15)18-14-27-16(2)20(22(23(30)31)32-24(3,4)5)21(18)29-12-10-25(6,7)11-13-29/h8-9,14,22H,10-13H2,1-7H3,(H,30,31)/t22-/m0/s1. The monoisotopic (exact) mass is 443 g/mol. The molecular formula is C25H34FN3O3. The van der Waals surface area contributed by atoms with Gasteiger partial charge in [-0.3, -0.25) is 4.98 Å². The summed E-state index contributed by atoms with van der Waals surface area (Å²) in [5, 5.41) is 10.1. The Kier molecular flexibility index (Phi) is 6.61. The van der Waals surface area contributed by atoms with Crippen molar-refractivity contribution < 1.29 is 19.0 Å². The molecule has 3 heterocycles. The Balaban J connectivity index is 2.27. The molecule has 1 atom stereocenters. The summed E-state index contributed by atoms with van der Waals surface area (Å²) >= 11 is 0. The van der Waals surface area contributed by atoms with Crippen LogP contribution in [0.3, 0.4) is 0 Å². The van der Waals surface area contributed by atoms with Crippen LogP contribution in [-0.4, -0.2) is 39.7 Å². The molecule has 6 nitrogen and oxygen atoms in total. The van der Waals surface area contributed by atoms with E-state index in [1.807, 2.05) is 27.7 Å². The van der Waals surface area contributed by atoms with Gasteiger partial charge in [0, 0.05) is 47.4 Å². The Hall–Kier alpha value is -2.54. The zero-order chi connectivity index (χ0) is 23.8. The molecule has 1 saturated heterocycles. The fourth-order valence-corrected chi connectivity index (χ4v) is 4.20. The fourth-order valence-electron chi connectivity index (χ4n) is 4.20. The van der Waals surface area contributed by atoms with Gasteiger partial charge in [-0.15, -0.1) is 0 Å². The third-order valence-corrected chi connectivity index (χ3v) is 6.02. The number of anilines is 1. The van der Waals surface area contributed by atoms with E-state index in [0.717, 1.165) is 42.7 Å². The van der Waals surface area contributed by atoms with Crippen LogP contribution in [0.2, 0.25) is 0 Å². The molecule has 174 valence electrons. The van der Waals surface area contributed by atoms with Gasteiger partial charge in [-0.05, 0) is 65.0 Å². The summed E-state index contributed by atoms with van der Waals surface area (Å²) in [4.78, 5) is 23.2. The quantitative estimate of drug-likeness (QED) is 0.618. The minimum Gasteiger partial charge on any atom is -0.479 e. The second-order valence-electron chi connectivity index (χ2n) is 10.4. The maximum Gasteiger partial charge on any atom is 0.337 e. The van der Waals surface area contributed by atoms with Gasteiger partial charge in [-0.25, -0.2) is 9.78 Å². The van der Waals surface area contributed by atoms with Crippen molar-refractivity contribution >= 4 is 11.7 Å². The second kappa shape index (κ2) is 8.77. The third-order valence-electron chi connectivity index (χ3n) is 6.02. The number of aryl methyl sites for hydroxylation is 2. The average Bonchev–Trinajstić information content (AvgIpc) is 2.66. The van der Waals surface area contributed by atoms with Crippen molar-refractivity contribution in [2.24, 2.45) is 5.41 Å². The molecule has 7 heteroatoms. The van der Waals surface area contributed by atoms with Crippen LogP contribution in [0.1, 0.15) is 70.5 Å². The van der Waals surface area contributed by atoms with E-state index in [4.69, 9.17) is 4.74 Å². The SMILES string of the molecule is Cc1nc(F)ccc1-c1cnc(C)c([C@H](OC(C)(C)C)C(=O)O)c1N1CCC(C)(C)CC1. The maximum absolute atomic E-state index is 13.7. The van der Waals surface area contributed by atoms with Gasteiger partial charge < -0.3 is 14.7 Å². The molecule has 0 spiro atoms. The number of ether oxygens (including phenoxy) is 1. The summed E-state index contributed by atoms with van der Waals surface area (Å²) in [7, 11) is 0. The Labute approximate surface area is 189 Å². The first-order valence-corrected chi connectivity index (χ1v) is 11.1. The number of hydrogen-bond donors (Lipinski definition) is 1. The summed E-state index contributed by atoms with van der Waals surface area (Å²) in [5.74, 6) is -1.61. The first-order valence-electron chi connectivity index (χ1n) is 11.1. The Morgan fingerprint density at radius 3 is 2.31 bits per heavy atom. The van der Waals surface area contributed by atoms with E-state index < -0.39 is 23.6 Å². The highest BCUT2D eigenvalue weighted by Gasteiger charge is 2.36. The molecule has 0 aliphatic carbocycles. The molecule has 0 unspecified atom stereocenters. The van der Waals surface area contributed by atoms with E-state index in [2.05, 4.69) is 28.7 Å². The Morgan fingerprint density at radius 2 is 1.78 bits per heavy atom. The van der Waals surface area contributed by atoms with Crippen molar-refractivity contribution in [1.82, 2.24) is 9.97 Å². The number of aromatic nitrogens is 2. The number of pyridine rings is 2. The Bertz CT molecular complexity index is 1000. The lowest BCUT2D eigenvalue weighted by molar-refractivity contribution is -0.160. The normalized spacial score (nSPS) is 17.3. The number of rotatable bonds is 5. The molecule has 0 aromatic carbocycles. The molecule has 0 amide bonds. The van der Waals surface area contributed by atoms with Crippen molar-refractivity contribution in [2.75, 3.05) is 18.0 Å². The van der Waals surface area contributed by atoms with Crippen LogP contribution >= 0.6 is 0 Å². The molecule has 0 saturated carbocycles. The smallest absolute Gasteiger partial charge is 0.337 e. The molecule has 2 aromatic rings. The highest BCUT2D eigenvalue weighted by Crippen LogP contribution is 2.43. The van der Waals surface area contributed by atoms with Gasteiger partial charge in [0.2, 0.25) is 5.95 Å². The third kappa shape index (κ3) is 5.26. The lowest BCUT2D eigenvalue weighted by Crippen LogP contribution is -2.39. The van der Waals surface area contributed by atoms with Crippen molar-refractivity contribution in [2.45, 2.75) is 73.0 Å². The van der Waals surface area contributed by atoms with Gasteiger partial charge in [-0.1, -0.05) is 13.8 Å². The van der Waals surface area contributed by atoms with Crippen molar-refractivity contribution in [3.8, 4) is 11.1 Å². The number of hydrogen-bond acceptors (Lipinski definition) is 5. The van der Waals surface area contributed by atoms with E-state index in [1.165, 1.54) is 6.07 Å². The van der Waals surface area contributed by atoms with E-state index in [0.29, 0.717) is 17.0 Å². The first kappa shape index (κ1) is 24.1. The molecular weight excluding hydrogens is 409 g/mol. The molecule has 1 aliphatic heterocycles. The summed E-state index contributed by atoms with van der Waals surface area (Å²) in [5.41, 5.74) is 3.52. The molecule has 1 N–H and O–H groups in total. The number of aliphatic carboxylic acids is 1. The number of nitrogens with zero attached hydrogens (tertiary/aromatic N) is 3. The minimum atomic E-state index is -1.18. The van der Waals surface area contributed by atoms with Crippen LogP contribution in [-0.2, 0) is 9.53 Å². The lowest BCUT2D eigenvalue weighted by Gasteiger charge is -2.41. The van der Waals surface area contributed by atoms with Gasteiger partial charge in [-0.2, -0.15) is 4.39 Å². The first-order chi connectivity index (χ1) is 14.8. The molecule has 3 rings (SSSR count). The highest BCUT2D eigenvalue weighted by atomic mass is 19.1. The van der Waals surface area contributed by atoms with Crippen LogP contribution in [0.5, 0.6) is 0 Å². The summed E-state index contributed by atoms with van der Waals surface area (Å²) in [6, 6.07) is 3.01. The predicted octanol–water partition coefficient (Wildman–Crippen LogP) is 5.47. The van der Waals surface area contributed by atoms with Crippen molar-refractivity contribution in [1.29, 1.82) is 0 Å². The van der Waals surface area contributed by atoms with Crippen molar-refractivity contribution in [3.63, 3.8) is 0 Å². The van der Waals surface area contributed by atoms with Crippen LogP contribution in [0.4, 0.5) is 10.1 Å². The largest absolute Gasteiger partial charge is 0.479 e. The van der Waals surface area contributed by atoms with Crippen LogP contribution < -0.4 is 4.90 Å². The number of halogens is 1. The van der Waals surface area contributed by atoms with E-state index in [9.17, 15) is 14.3 Å². The van der Waals surface area contributed by atoms with Gasteiger partial charge in [0.15, 0.2) is 6.10 Å². The van der Waals surface area contributed by atoms with Crippen LogP contribution in [0.25, 0.3) is 11.1 Å². The van der Waals surface area contributed by atoms with Crippen molar-refractivity contribution in [3.05, 3.63) is 41.2 Å². The second-order valence-corrected chi connectivity index (χ2v) is 10.4. The minimum absolute atomic E-state index is 0.223. The van der Waals surface area contributed by atoms with Crippen LogP contribution in [0, 0.1) is 25.2 Å². The zero-order valence-corrected chi connectivity index (χ0v) is 20.1. The topological polar surface area (TPSA) is 75.5 Å². The van der Waals surface area contributed by atoms with Gasteiger partial charge in [0.25, 0.3) is 0 Å². The lowest BCUT2D eigenvalue weighted by atomic mass is 9.82. The number of carboxylic acid groups (broad SMARTS) is 1. The van der Waals surface area contributed by atoms with E-state index in [1.54, 1.807) is 19.2 Å². The summed E-state index contributed by atoms with van der Waals surface area (Å²) < 4.78 is 19.8. The molecule has 1 aliphatic rings. The van der Waals surface area contributed by atoms with Gasteiger partial charge in [0.05, 0.1) is 11.3 Å².